The van der Waals surface area contributed by atoms with Gasteiger partial charge < -0.3 is 34.9 Å². The highest BCUT2D eigenvalue weighted by molar-refractivity contribution is 7.71. The van der Waals surface area contributed by atoms with E-state index in [0.29, 0.717) is 17.3 Å². The summed E-state index contributed by atoms with van der Waals surface area (Å²) in [5, 5.41) is 26.9. The van der Waals surface area contributed by atoms with Gasteiger partial charge in [0.25, 0.3) is 7.52 Å². The second-order valence-electron chi connectivity index (χ2n) is 11.4. The third-order valence-corrected chi connectivity index (χ3v) is 12.9. The molecule has 14 nitrogen and oxygen atoms in total. The third-order valence-electron chi connectivity index (χ3n) is 9.03. The van der Waals surface area contributed by atoms with E-state index in [-0.39, 0.29) is 27.8 Å². The highest BCUT2D eigenvalue weighted by Gasteiger charge is 2.61. The number of hydrogen-bond donors (Lipinski definition) is 7. The maximum atomic E-state index is 12.1. The first-order chi connectivity index (χ1) is 17.5. The molecule has 5 rings (SSSR count). The number of ether oxygens (including phenoxy) is 1. The van der Waals surface area contributed by atoms with Crippen molar-refractivity contribution < 1.29 is 38.8 Å². The lowest BCUT2D eigenvalue weighted by atomic mass is 9.69. The van der Waals surface area contributed by atoms with E-state index >= 15 is 0 Å². The summed E-state index contributed by atoms with van der Waals surface area (Å²) in [5.41, 5.74) is 0.904. The van der Waals surface area contributed by atoms with E-state index in [1.54, 1.807) is 0 Å². The Morgan fingerprint density at radius 3 is 2.50 bits per heavy atom. The Bertz CT molecular complexity index is 1340. The number of halogens is 1. The monoisotopic (exact) mass is 594 g/mol. The number of imidazole rings is 1. The zero-order chi connectivity index (χ0) is 27.8. The van der Waals surface area contributed by atoms with Crippen LogP contribution in [0.15, 0.2) is 6.33 Å². The fourth-order valence-electron chi connectivity index (χ4n) is 6.42. The lowest BCUT2D eigenvalue weighted by Gasteiger charge is -2.39. The van der Waals surface area contributed by atoms with Crippen molar-refractivity contribution in [3.8, 4) is 0 Å². The molecule has 2 saturated carbocycles. The maximum absolute atomic E-state index is 12.1. The van der Waals surface area contributed by atoms with Crippen LogP contribution < -0.4 is 10.4 Å². The first-order valence-corrected chi connectivity index (χ1v) is 16.3. The second-order valence-corrected chi connectivity index (χ2v) is 15.9. The molecule has 212 valence electrons. The van der Waals surface area contributed by atoms with Gasteiger partial charge in [0.2, 0.25) is 5.28 Å². The lowest BCUT2D eigenvalue weighted by Crippen LogP contribution is -2.40. The van der Waals surface area contributed by atoms with Gasteiger partial charge in [0.05, 0.1) is 6.33 Å². The average molecular weight is 595 g/mol. The zero-order valence-electron chi connectivity index (χ0n) is 21.1. The summed E-state index contributed by atoms with van der Waals surface area (Å²) in [5.74, 6) is -0.219. The molecule has 3 heterocycles. The molecule has 2 bridgehead atoms. The number of anilines is 1. The molecule has 1 aliphatic heterocycles. The van der Waals surface area contributed by atoms with E-state index in [4.69, 9.17) is 26.1 Å². The summed E-state index contributed by atoms with van der Waals surface area (Å²) < 4.78 is 30.4. The molecule has 2 aromatic heterocycles. The Kier molecular flexibility index (Phi) is 7.04. The Balaban J connectivity index is 1.37. The zero-order valence-corrected chi connectivity index (χ0v) is 23.6. The fourth-order valence-corrected chi connectivity index (χ4v) is 9.45. The van der Waals surface area contributed by atoms with Crippen molar-refractivity contribution in [2.75, 3.05) is 17.8 Å². The summed E-state index contributed by atoms with van der Waals surface area (Å²) in [4.78, 5) is 40.9. The molecule has 38 heavy (non-hydrogen) atoms. The molecule has 2 aromatic rings. The number of aliphatic hydroxyl groups is 2. The molecule has 3 aliphatic rings. The molecule has 0 aromatic carbocycles. The highest BCUT2D eigenvalue weighted by atomic mass is 35.5. The Morgan fingerprint density at radius 1 is 1.18 bits per heavy atom. The number of hydrogen-bond acceptors (Lipinski definition) is 9. The van der Waals surface area contributed by atoms with E-state index < -0.39 is 52.1 Å². The second kappa shape index (κ2) is 9.44. The number of aromatic nitrogens is 4. The molecule has 2 aliphatic carbocycles. The van der Waals surface area contributed by atoms with Crippen LogP contribution in [0.1, 0.15) is 46.3 Å². The summed E-state index contributed by atoms with van der Waals surface area (Å²) in [6, 6.07) is 0.156. The average Bonchev–Trinajstić information content (AvgIpc) is 3.44. The van der Waals surface area contributed by atoms with Crippen LogP contribution in [0.5, 0.6) is 0 Å². The van der Waals surface area contributed by atoms with Crippen molar-refractivity contribution in [3.05, 3.63) is 11.6 Å². The van der Waals surface area contributed by atoms with Crippen molar-refractivity contribution >= 4 is 43.7 Å². The first-order valence-electron chi connectivity index (χ1n) is 12.3. The quantitative estimate of drug-likeness (QED) is 0.171. The minimum absolute atomic E-state index is 0.0424. The molecule has 0 amide bonds. The highest BCUT2D eigenvalue weighted by Crippen LogP contribution is 2.66. The minimum Gasteiger partial charge on any atom is -0.387 e. The summed E-state index contributed by atoms with van der Waals surface area (Å²) in [7, 11) is -9.20. The van der Waals surface area contributed by atoms with Gasteiger partial charge in [-0.1, -0.05) is 20.8 Å². The summed E-state index contributed by atoms with van der Waals surface area (Å²) in [6.45, 7) is 6.45. The molecule has 0 spiro atoms. The van der Waals surface area contributed by atoms with Crippen LogP contribution in [-0.4, -0.2) is 81.2 Å². The predicted molar refractivity (Wildman–Crippen MR) is 138 cm³/mol. The van der Waals surface area contributed by atoms with Crippen LogP contribution in [0, 0.1) is 16.7 Å². The predicted octanol–water partition coefficient (Wildman–Crippen LogP) is 1.64. The molecular weight excluding hydrogens is 562 g/mol. The van der Waals surface area contributed by atoms with Gasteiger partial charge in [0.15, 0.2) is 23.2 Å². The first kappa shape index (κ1) is 28.4. The van der Waals surface area contributed by atoms with Gasteiger partial charge in [0, 0.05) is 12.6 Å². The molecular formula is C21H33ClN6O8P2. The van der Waals surface area contributed by atoms with Crippen molar-refractivity contribution in [2.45, 2.75) is 70.6 Å². The van der Waals surface area contributed by atoms with Gasteiger partial charge >= 0.3 is 7.60 Å². The van der Waals surface area contributed by atoms with E-state index in [1.807, 2.05) is 0 Å². The fraction of sp³-hybridized carbons (Fsp3) is 0.762. The third kappa shape index (κ3) is 4.83. The normalized spacial score (nSPS) is 36.1. The Morgan fingerprint density at radius 2 is 1.89 bits per heavy atom. The van der Waals surface area contributed by atoms with E-state index in [2.05, 4.69) is 46.1 Å². The SMILES string of the molecule is CC1(C)[C@@H]2CC[C@@]1(C)C(Nc1nc(Cl)nc3c1ncn3[C@@H]1O[C@H](CNP(=O)(O)CP(=O)(O)O)C(O)C1O)C2. The van der Waals surface area contributed by atoms with Gasteiger partial charge in [-0.05, 0) is 47.6 Å². The Labute approximate surface area is 223 Å². The molecule has 0 radical (unpaired) electrons. The molecule has 7 N–H and O–H groups in total. The van der Waals surface area contributed by atoms with E-state index in [1.165, 1.54) is 17.3 Å². The van der Waals surface area contributed by atoms with E-state index in [9.17, 15) is 24.2 Å². The minimum atomic E-state index is -4.76. The Hall–Kier alpha value is -1.18. The number of aliphatic hydroxyl groups excluding tert-OH is 2. The molecule has 8 atom stereocenters. The van der Waals surface area contributed by atoms with Crippen LogP contribution in [-0.2, 0) is 13.9 Å². The number of rotatable bonds is 8. The van der Waals surface area contributed by atoms with Crippen molar-refractivity contribution in [1.82, 2.24) is 24.6 Å². The van der Waals surface area contributed by atoms with Crippen molar-refractivity contribution in [3.63, 3.8) is 0 Å². The molecule has 4 unspecified atom stereocenters. The van der Waals surface area contributed by atoms with Gasteiger partial charge in [-0.3, -0.25) is 13.7 Å². The van der Waals surface area contributed by atoms with Crippen LogP contribution in [0.4, 0.5) is 5.82 Å². The van der Waals surface area contributed by atoms with Gasteiger partial charge in [-0.15, -0.1) is 0 Å². The molecule has 3 fully saturated rings. The van der Waals surface area contributed by atoms with Crippen LogP contribution in [0.25, 0.3) is 11.2 Å². The van der Waals surface area contributed by atoms with Crippen molar-refractivity contribution in [2.24, 2.45) is 16.7 Å². The van der Waals surface area contributed by atoms with Gasteiger partial charge in [0.1, 0.15) is 24.2 Å². The smallest absolute Gasteiger partial charge is 0.336 e. The largest absolute Gasteiger partial charge is 0.387 e. The van der Waals surface area contributed by atoms with E-state index in [0.717, 1.165) is 12.8 Å². The van der Waals surface area contributed by atoms with Crippen LogP contribution in [0.2, 0.25) is 5.28 Å². The molecule has 1 saturated heterocycles. The number of nitrogens with zero attached hydrogens (tertiary/aromatic N) is 4. The summed E-state index contributed by atoms with van der Waals surface area (Å²) >= 11 is 6.27. The van der Waals surface area contributed by atoms with Crippen molar-refractivity contribution in [1.29, 1.82) is 0 Å². The lowest BCUT2D eigenvalue weighted by molar-refractivity contribution is -0.0331. The van der Waals surface area contributed by atoms with Gasteiger partial charge in [-0.2, -0.15) is 9.97 Å². The molecule has 17 heteroatoms. The van der Waals surface area contributed by atoms with Gasteiger partial charge in [-0.25, -0.2) is 10.1 Å². The number of nitrogens with one attached hydrogen (secondary N) is 2. The standard InChI is InChI=1S/C21H33ClN6O8P2/c1-20(2)10-4-5-21(20,3)12(6-10)25-16-13-17(27-19(22)26-16)28(8-23-13)18-15(30)14(29)11(36-18)7-24-37(31,32)9-38(33,34)35/h8,10-12,14-15,18,29-30H,4-7,9H2,1-3H3,(H2,24,31,32)(H,25,26,27)(H2,33,34,35)/t10-,11-,12?,14?,15?,18-,21+/m1/s1. The van der Waals surface area contributed by atoms with Crippen LogP contribution >= 0.6 is 26.7 Å². The number of fused-ring (bicyclic) bond motifs is 3. The topological polar surface area (TPSA) is 212 Å². The van der Waals surface area contributed by atoms with Crippen LogP contribution in [0.3, 0.4) is 0 Å². The summed E-state index contributed by atoms with van der Waals surface area (Å²) in [6.07, 6.45) is -0.612. The maximum Gasteiger partial charge on any atom is 0.336 e.